The molecule has 0 aromatic heterocycles. The molecule has 1 amide bonds. The molecule has 0 aliphatic carbocycles. The summed E-state index contributed by atoms with van der Waals surface area (Å²) in [5, 5.41) is 8.67. The molecule has 0 heterocycles. The van der Waals surface area contributed by atoms with E-state index in [-0.39, 0.29) is 10.5 Å². The molecule has 2 aromatic carbocycles. The van der Waals surface area contributed by atoms with Crippen LogP contribution in [0.15, 0.2) is 57.9 Å². The lowest BCUT2D eigenvalue weighted by Gasteiger charge is -2.07. The molecule has 0 atom stereocenters. The fraction of sp³-hybridized carbons (Fsp3) is 0. The summed E-state index contributed by atoms with van der Waals surface area (Å²) in [5.74, 6) is -0.748. The first-order chi connectivity index (χ1) is 9.92. The summed E-state index contributed by atoms with van der Waals surface area (Å²) < 4.78 is 26.8. The summed E-state index contributed by atoms with van der Waals surface area (Å²) >= 11 is 3.20. The monoisotopic (exact) mass is 364 g/mol. The molecule has 0 unspecified atom stereocenters. The van der Waals surface area contributed by atoms with E-state index in [1.807, 2.05) is 10.8 Å². The van der Waals surface area contributed by atoms with E-state index in [4.69, 9.17) is 5.26 Å². The van der Waals surface area contributed by atoms with Gasteiger partial charge in [0.05, 0.1) is 16.5 Å². The highest BCUT2D eigenvalue weighted by Gasteiger charge is 2.18. The molecule has 2 rings (SSSR count). The summed E-state index contributed by atoms with van der Waals surface area (Å²) in [7, 11) is -3.93. The second-order valence-electron chi connectivity index (χ2n) is 4.08. The van der Waals surface area contributed by atoms with Crippen LogP contribution in [0.25, 0.3) is 0 Å². The zero-order valence-electron chi connectivity index (χ0n) is 10.6. The van der Waals surface area contributed by atoms with Gasteiger partial charge >= 0.3 is 0 Å². The van der Waals surface area contributed by atoms with Gasteiger partial charge in [-0.2, -0.15) is 5.26 Å². The molecule has 0 aliphatic rings. The number of sulfonamides is 1. The highest BCUT2D eigenvalue weighted by molar-refractivity contribution is 9.10. The van der Waals surface area contributed by atoms with Gasteiger partial charge in [0.1, 0.15) is 0 Å². The van der Waals surface area contributed by atoms with Crippen LogP contribution in [0.3, 0.4) is 0 Å². The van der Waals surface area contributed by atoms with Crippen LogP contribution in [-0.2, 0) is 10.0 Å². The van der Waals surface area contributed by atoms with Gasteiger partial charge in [0.2, 0.25) is 0 Å². The summed E-state index contributed by atoms with van der Waals surface area (Å²) in [4.78, 5) is 11.9. The minimum atomic E-state index is -3.93. The maximum Gasteiger partial charge on any atom is 0.264 e. The Hall–Kier alpha value is -2.17. The third-order valence-corrected chi connectivity index (χ3v) is 4.50. The van der Waals surface area contributed by atoms with Crippen LogP contribution in [0.2, 0.25) is 0 Å². The molecule has 0 radical (unpaired) electrons. The van der Waals surface area contributed by atoms with E-state index in [2.05, 4.69) is 15.9 Å². The van der Waals surface area contributed by atoms with Gasteiger partial charge in [-0.05, 0) is 48.5 Å². The van der Waals surface area contributed by atoms with Crippen molar-refractivity contribution in [3.63, 3.8) is 0 Å². The van der Waals surface area contributed by atoms with E-state index in [1.165, 1.54) is 36.4 Å². The molecular formula is C14H9BrN2O3S. The molecule has 0 saturated carbocycles. The first-order valence-corrected chi connectivity index (χ1v) is 8.03. The maximum absolute atomic E-state index is 12.1. The number of amides is 1. The summed E-state index contributed by atoms with van der Waals surface area (Å²) in [5.41, 5.74) is 0.553. The number of hydrogen-bond donors (Lipinski definition) is 1. The molecule has 0 fully saturated rings. The van der Waals surface area contributed by atoms with Crippen LogP contribution in [0.5, 0.6) is 0 Å². The third-order valence-electron chi connectivity index (χ3n) is 2.63. The molecule has 106 valence electrons. The number of rotatable bonds is 3. The van der Waals surface area contributed by atoms with Crippen molar-refractivity contribution in [1.82, 2.24) is 4.72 Å². The number of nitrogens with one attached hydrogen (secondary N) is 1. The number of carbonyl (C=O) groups excluding carboxylic acids is 1. The molecule has 1 N–H and O–H groups in total. The van der Waals surface area contributed by atoms with Crippen LogP contribution in [0.1, 0.15) is 15.9 Å². The average Bonchev–Trinajstić information content (AvgIpc) is 2.47. The predicted molar refractivity (Wildman–Crippen MR) is 80.0 cm³/mol. The smallest absolute Gasteiger partial charge is 0.264 e. The number of halogens is 1. The molecule has 0 bridgehead atoms. The largest absolute Gasteiger partial charge is 0.268 e. The van der Waals surface area contributed by atoms with Gasteiger partial charge in [-0.3, -0.25) is 4.79 Å². The first kappa shape index (κ1) is 15.2. The Labute approximate surface area is 130 Å². The van der Waals surface area contributed by atoms with Crippen molar-refractivity contribution in [1.29, 1.82) is 5.26 Å². The minimum absolute atomic E-state index is 0.00676. The van der Waals surface area contributed by atoms with E-state index < -0.39 is 15.9 Å². The average molecular weight is 365 g/mol. The van der Waals surface area contributed by atoms with Crippen LogP contribution < -0.4 is 4.72 Å². The normalized spacial score (nSPS) is 10.7. The summed E-state index contributed by atoms with van der Waals surface area (Å²) in [6, 6.07) is 13.5. The molecule has 2 aromatic rings. The molecule has 5 nitrogen and oxygen atoms in total. The summed E-state index contributed by atoms with van der Waals surface area (Å²) in [6.07, 6.45) is 0. The van der Waals surface area contributed by atoms with E-state index >= 15 is 0 Å². The lowest BCUT2D eigenvalue weighted by atomic mass is 10.1. The van der Waals surface area contributed by atoms with Gasteiger partial charge < -0.3 is 0 Å². The Morgan fingerprint density at radius 3 is 2.14 bits per heavy atom. The Morgan fingerprint density at radius 2 is 1.62 bits per heavy atom. The third kappa shape index (κ3) is 3.68. The quantitative estimate of drug-likeness (QED) is 0.905. The second kappa shape index (κ2) is 6.08. The Balaban J connectivity index is 2.21. The van der Waals surface area contributed by atoms with Crippen LogP contribution in [-0.4, -0.2) is 14.3 Å². The molecule has 0 spiro atoms. The van der Waals surface area contributed by atoms with E-state index in [0.29, 0.717) is 5.56 Å². The van der Waals surface area contributed by atoms with Crippen molar-refractivity contribution in [2.45, 2.75) is 4.90 Å². The van der Waals surface area contributed by atoms with Gasteiger partial charge in [-0.1, -0.05) is 15.9 Å². The highest BCUT2D eigenvalue weighted by atomic mass is 79.9. The standard InChI is InChI=1S/C14H9BrN2O3S/c15-12-5-7-13(8-6-12)21(19,20)17-14(18)11-3-1-10(9-16)2-4-11/h1-8H,(H,17,18). The van der Waals surface area contributed by atoms with Crippen molar-refractivity contribution in [3.8, 4) is 6.07 Å². The first-order valence-electron chi connectivity index (χ1n) is 5.75. The number of hydrogen-bond acceptors (Lipinski definition) is 4. The maximum atomic E-state index is 12.1. The molecule has 0 aliphatic heterocycles. The highest BCUT2D eigenvalue weighted by Crippen LogP contribution is 2.15. The minimum Gasteiger partial charge on any atom is -0.268 e. The Morgan fingerprint density at radius 1 is 1.05 bits per heavy atom. The van der Waals surface area contributed by atoms with Crippen molar-refractivity contribution < 1.29 is 13.2 Å². The van der Waals surface area contributed by atoms with Gasteiger partial charge in [-0.25, -0.2) is 13.1 Å². The van der Waals surface area contributed by atoms with E-state index in [1.54, 1.807) is 12.1 Å². The molecule has 0 saturated heterocycles. The molecular weight excluding hydrogens is 356 g/mol. The van der Waals surface area contributed by atoms with E-state index in [9.17, 15) is 13.2 Å². The van der Waals surface area contributed by atoms with E-state index in [0.717, 1.165) is 4.47 Å². The van der Waals surface area contributed by atoms with Crippen molar-refractivity contribution in [2.75, 3.05) is 0 Å². The fourth-order valence-corrected chi connectivity index (χ4v) is 2.79. The lowest BCUT2D eigenvalue weighted by molar-refractivity contribution is 0.0981. The lowest BCUT2D eigenvalue weighted by Crippen LogP contribution is -2.30. The van der Waals surface area contributed by atoms with Crippen LogP contribution in [0.4, 0.5) is 0 Å². The SMILES string of the molecule is N#Cc1ccc(C(=O)NS(=O)(=O)c2ccc(Br)cc2)cc1. The van der Waals surface area contributed by atoms with Gasteiger partial charge in [0.25, 0.3) is 15.9 Å². The topological polar surface area (TPSA) is 87.0 Å². The zero-order chi connectivity index (χ0) is 15.5. The molecule has 7 heteroatoms. The van der Waals surface area contributed by atoms with Gasteiger partial charge in [-0.15, -0.1) is 0 Å². The number of nitriles is 1. The van der Waals surface area contributed by atoms with Gasteiger partial charge in [0.15, 0.2) is 0 Å². The van der Waals surface area contributed by atoms with Crippen molar-refractivity contribution in [3.05, 3.63) is 64.1 Å². The number of carbonyl (C=O) groups is 1. The number of nitrogens with zero attached hydrogens (tertiary/aromatic N) is 1. The second-order valence-corrected chi connectivity index (χ2v) is 6.68. The van der Waals surface area contributed by atoms with Gasteiger partial charge in [0, 0.05) is 10.0 Å². The van der Waals surface area contributed by atoms with Crippen LogP contribution >= 0.6 is 15.9 Å². The Bertz CT molecular complexity index is 807. The predicted octanol–water partition coefficient (Wildman–Crippen LogP) is 2.44. The van der Waals surface area contributed by atoms with Crippen LogP contribution in [0, 0.1) is 11.3 Å². The zero-order valence-corrected chi connectivity index (χ0v) is 13.0. The fourth-order valence-electron chi connectivity index (χ4n) is 1.55. The summed E-state index contributed by atoms with van der Waals surface area (Å²) in [6.45, 7) is 0. The van der Waals surface area contributed by atoms with Crippen molar-refractivity contribution >= 4 is 31.9 Å². The number of benzene rings is 2. The molecule has 21 heavy (non-hydrogen) atoms. The van der Waals surface area contributed by atoms with Crippen molar-refractivity contribution in [2.24, 2.45) is 0 Å². The Kier molecular flexibility index (Phi) is 4.40.